The molecule has 1 fully saturated rings. The first kappa shape index (κ1) is 13.4. The lowest BCUT2D eigenvalue weighted by Crippen LogP contribution is -2.48. The van der Waals surface area contributed by atoms with Gasteiger partial charge in [-0.2, -0.15) is 0 Å². The molecule has 16 heavy (non-hydrogen) atoms. The van der Waals surface area contributed by atoms with Crippen LogP contribution in [0.4, 0.5) is 0 Å². The lowest BCUT2D eigenvalue weighted by Gasteiger charge is -2.28. The average Bonchev–Trinajstić information content (AvgIpc) is 2.75. The molecule has 0 aromatic heterocycles. The Bertz CT molecular complexity index is 240. The van der Waals surface area contributed by atoms with Gasteiger partial charge in [-0.25, -0.2) is 4.79 Å². The highest BCUT2D eigenvalue weighted by atomic mass is 16.5. The van der Waals surface area contributed by atoms with Gasteiger partial charge in [0.15, 0.2) is 6.10 Å². The number of carboxylic acids is 1. The van der Waals surface area contributed by atoms with Crippen molar-refractivity contribution < 1.29 is 19.7 Å². The van der Waals surface area contributed by atoms with Crippen molar-refractivity contribution >= 4 is 5.97 Å². The molecule has 0 aromatic rings. The molecular weight excluding hydrogens is 210 g/mol. The third-order valence-electron chi connectivity index (χ3n) is 3.27. The molecular formula is C11H21NO4. The summed E-state index contributed by atoms with van der Waals surface area (Å²) in [6.07, 6.45) is 1.43. The number of aliphatic hydroxyl groups is 1. The van der Waals surface area contributed by atoms with E-state index < -0.39 is 12.1 Å². The van der Waals surface area contributed by atoms with Crippen LogP contribution in [0, 0.1) is 0 Å². The van der Waals surface area contributed by atoms with E-state index in [2.05, 4.69) is 5.32 Å². The Kier molecular flexibility index (Phi) is 4.70. The number of carbonyl (C=O) groups is 1. The van der Waals surface area contributed by atoms with Gasteiger partial charge in [-0.3, -0.25) is 0 Å². The standard InChI is InChI=1S/C11H21NO4/c1-3-11(2,7-13)12-6-8-4-5-9(16-8)10(14)15/h8-9,12-13H,3-7H2,1-2H3,(H,14,15). The first-order valence-corrected chi connectivity index (χ1v) is 5.75. The number of hydrogen-bond donors (Lipinski definition) is 3. The Labute approximate surface area is 95.8 Å². The highest BCUT2D eigenvalue weighted by molar-refractivity contribution is 5.72. The van der Waals surface area contributed by atoms with Crippen molar-refractivity contribution in [3.8, 4) is 0 Å². The minimum absolute atomic E-state index is 0.0569. The van der Waals surface area contributed by atoms with Gasteiger partial charge in [-0.05, 0) is 26.2 Å². The van der Waals surface area contributed by atoms with Gasteiger partial charge in [-0.1, -0.05) is 6.92 Å². The number of rotatable bonds is 6. The monoisotopic (exact) mass is 231 g/mol. The summed E-state index contributed by atoms with van der Waals surface area (Å²) < 4.78 is 5.36. The fourth-order valence-electron chi connectivity index (χ4n) is 1.69. The Morgan fingerprint density at radius 1 is 1.56 bits per heavy atom. The Morgan fingerprint density at radius 2 is 2.25 bits per heavy atom. The van der Waals surface area contributed by atoms with Crippen LogP contribution in [-0.2, 0) is 9.53 Å². The molecule has 1 rings (SSSR count). The molecule has 0 aromatic carbocycles. The SMILES string of the molecule is CCC(C)(CO)NCC1CCC(C(=O)O)O1. The molecule has 0 aliphatic carbocycles. The quantitative estimate of drug-likeness (QED) is 0.615. The minimum Gasteiger partial charge on any atom is -0.479 e. The normalized spacial score (nSPS) is 28.9. The topological polar surface area (TPSA) is 78.8 Å². The molecule has 5 heteroatoms. The molecule has 5 nitrogen and oxygen atoms in total. The number of nitrogens with one attached hydrogen (secondary N) is 1. The molecule has 1 saturated heterocycles. The van der Waals surface area contributed by atoms with Crippen LogP contribution in [0.15, 0.2) is 0 Å². The lowest BCUT2D eigenvalue weighted by atomic mass is 10.00. The van der Waals surface area contributed by atoms with Crippen molar-refractivity contribution in [2.75, 3.05) is 13.2 Å². The molecule has 0 radical (unpaired) electrons. The molecule has 0 amide bonds. The largest absolute Gasteiger partial charge is 0.479 e. The molecule has 0 saturated carbocycles. The van der Waals surface area contributed by atoms with E-state index in [1.165, 1.54) is 0 Å². The summed E-state index contributed by atoms with van der Waals surface area (Å²) in [6.45, 7) is 4.60. The van der Waals surface area contributed by atoms with Crippen molar-refractivity contribution in [1.82, 2.24) is 5.32 Å². The maximum Gasteiger partial charge on any atom is 0.332 e. The van der Waals surface area contributed by atoms with Crippen LogP contribution in [0.1, 0.15) is 33.1 Å². The van der Waals surface area contributed by atoms with Gasteiger partial charge in [0.05, 0.1) is 12.7 Å². The van der Waals surface area contributed by atoms with Crippen LogP contribution in [0.2, 0.25) is 0 Å². The van der Waals surface area contributed by atoms with Gasteiger partial charge in [0.25, 0.3) is 0 Å². The maximum absolute atomic E-state index is 10.7. The molecule has 3 unspecified atom stereocenters. The van der Waals surface area contributed by atoms with E-state index in [0.29, 0.717) is 13.0 Å². The second kappa shape index (κ2) is 5.61. The van der Waals surface area contributed by atoms with Crippen LogP contribution < -0.4 is 5.32 Å². The number of aliphatic hydroxyl groups excluding tert-OH is 1. The van der Waals surface area contributed by atoms with E-state index in [1.807, 2.05) is 13.8 Å². The Balaban J connectivity index is 2.32. The van der Waals surface area contributed by atoms with Crippen LogP contribution in [0.3, 0.4) is 0 Å². The van der Waals surface area contributed by atoms with Gasteiger partial charge in [-0.15, -0.1) is 0 Å². The predicted molar refractivity (Wildman–Crippen MR) is 59.3 cm³/mol. The van der Waals surface area contributed by atoms with E-state index in [1.54, 1.807) is 0 Å². The van der Waals surface area contributed by atoms with Crippen molar-refractivity contribution in [2.45, 2.75) is 50.9 Å². The number of carboxylic acid groups (broad SMARTS) is 1. The minimum atomic E-state index is -0.886. The zero-order valence-electron chi connectivity index (χ0n) is 9.90. The first-order chi connectivity index (χ1) is 7.50. The molecule has 0 bridgehead atoms. The second-order valence-electron chi connectivity index (χ2n) is 4.62. The zero-order valence-corrected chi connectivity index (χ0v) is 9.90. The highest BCUT2D eigenvalue weighted by Crippen LogP contribution is 2.20. The molecule has 3 atom stereocenters. The Morgan fingerprint density at radius 3 is 2.69 bits per heavy atom. The van der Waals surface area contributed by atoms with Crippen LogP contribution in [0.25, 0.3) is 0 Å². The smallest absolute Gasteiger partial charge is 0.332 e. The van der Waals surface area contributed by atoms with Crippen molar-refractivity contribution in [2.24, 2.45) is 0 Å². The summed E-state index contributed by atoms with van der Waals surface area (Å²) in [5, 5.41) is 21.2. The van der Waals surface area contributed by atoms with Crippen LogP contribution >= 0.6 is 0 Å². The van der Waals surface area contributed by atoms with Crippen LogP contribution in [-0.4, -0.2) is 47.1 Å². The summed E-state index contributed by atoms with van der Waals surface area (Å²) >= 11 is 0. The number of ether oxygens (including phenoxy) is 1. The summed E-state index contributed by atoms with van der Waals surface area (Å²) in [7, 11) is 0. The molecule has 1 aliphatic rings. The lowest BCUT2D eigenvalue weighted by molar-refractivity contribution is -0.149. The molecule has 0 spiro atoms. The fraction of sp³-hybridized carbons (Fsp3) is 0.909. The van der Waals surface area contributed by atoms with Crippen molar-refractivity contribution in [3.05, 3.63) is 0 Å². The third kappa shape index (κ3) is 3.43. The van der Waals surface area contributed by atoms with Crippen molar-refractivity contribution in [3.63, 3.8) is 0 Å². The zero-order chi connectivity index (χ0) is 12.2. The predicted octanol–water partition coefficient (Wildman–Crippen LogP) is 0.369. The van der Waals surface area contributed by atoms with E-state index in [9.17, 15) is 9.90 Å². The van der Waals surface area contributed by atoms with Gasteiger partial charge in [0.1, 0.15) is 0 Å². The van der Waals surface area contributed by atoms with E-state index in [0.717, 1.165) is 12.8 Å². The summed E-state index contributed by atoms with van der Waals surface area (Å²) in [6, 6.07) is 0. The molecule has 1 aliphatic heterocycles. The van der Waals surface area contributed by atoms with E-state index in [4.69, 9.17) is 9.84 Å². The van der Waals surface area contributed by atoms with Gasteiger partial charge >= 0.3 is 5.97 Å². The number of hydrogen-bond acceptors (Lipinski definition) is 4. The highest BCUT2D eigenvalue weighted by Gasteiger charge is 2.31. The van der Waals surface area contributed by atoms with E-state index >= 15 is 0 Å². The summed E-state index contributed by atoms with van der Waals surface area (Å²) in [5.41, 5.74) is -0.301. The molecule has 1 heterocycles. The first-order valence-electron chi connectivity index (χ1n) is 5.75. The number of aliphatic carboxylic acids is 1. The Hall–Kier alpha value is -0.650. The second-order valence-corrected chi connectivity index (χ2v) is 4.62. The van der Waals surface area contributed by atoms with Gasteiger partial charge < -0.3 is 20.3 Å². The molecule has 3 N–H and O–H groups in total. The maximum atomic E-state index is 10.7. The third-order valence-corrected chi connectivity index (χ3v) is 3.27. The summed E-state index contributed by atoms with van der Waals surface area (Å²) in [4.78, 5) is 10.7. The van der Waals surface area contributed by atoms with E-state index in [-0.39, 0.29) is 18.2 Å². The van der Waals surface area contributed by atoms with Crippen molar-refractivity contribution in [1.29, 1.82) is 0 Å². The fourth-order valence-corrected chi connectivity index (χ4v) is 1.69. The summed E-state index contributed by atoms with van der Waals surface area (Å²) in [5.74, 6) is -0.886. The average molecular weight is 231 g/mol. The van der Waals surface area contributed by atoms with Crippen LogP contribution in [0.5, 0.6) is 0 Å². The van der Waals surface area contributed by atoms with Gasteiger partial charge in [0, 0.05) is 12.1 Å². The molecule has 94 valence electrons. The van der Waals surface area contributed by atoms with Gasteiger partial charge in [0.2, 0.25) is 0 Å².